The zero-order valence-electron chi connectivity index (χ0n) is 9.61. The Morgan fingerprint density at radius 1 is 1.13 bits per heavy atom. The van der Waals surface area contributed by atoms with Gasteiger partial charge < -0.3 is 0 Å². The maximum absolute atomic E-state index is 12.4. The smallest absolute Gasteiger partial charge is 0.171 e. The summed E-state index contributed by atoms with van der Waals surface area (Å²) in [5, 5.41) is 0. The summed E-state index contributed by atoms with van der Waals surface area (Å²) >= 11 is 0. The second-order valence-corrected chi connectivity index (χ2v) is 4.92. The van der Waals surface area contributed by atoms with Crippen molar-refractivity contribution in [3.8, 4) is 0 Å². The van der Waals surface area contributed by atoms with Crippen molar-refractivity contribution in [3.05, 3.63) is 0 Å². The van der Waals surface area contributed by atoms with Crippen LogP contribution in [0.2, 0.25) is 0 Å². The van der Waals surface area contributed by atoms with Gasteiger partial charge in [0.05, 0.1) is 5.92 Å². The summed E-state index contributed by atoms with van der Waals surface area (Å²) in [6.07, 6.45) is 0.571. The zero-order valence-corrected chi connectivity index (χ0v) is 9.61. The first-order chi connectivity index (χ1) is 6.95. The van der Waals surface area contributed by atoms with Crippen LogP contribution >= 0.6 is 0 Å². The van der Waals surface area contributed by atoms with Crippen LogP contribution in [-0.4, -0.2) is 6.18 Å². The molecule has 1 fully saturated rings. The van der Waals surface area contributed by atoms with E-state index in [1.54, 1.807) is 0 Å². The highest BCUT2D eigenvalue weighted by Crippen LogP contribution is 2.42. The normalized spacial score (nSPS) is 30.2. The van der Waals surface area contributed by atoms with Gasteiger partial charge in [0, 0.05) is 0 Å². The Morgan fingerprint density at radius 3 is 2.07 bits per heavy atom. The Morgan fingerprint density at radius 2 is 1.67 bits per heavy atom. The molecule has 90 valence electrons. The van der Waals surface area contributed by atoms with E-state index in [9.17, 15) is 13.2 Å². The molecule has 0 aliphatic heterocycles. The number of rotatable bonds is 3. The molecule has 0 radical (unpaired) electrons. The molecule has 0 heterocycles. The van der Waals surface area contributed by atoms with Crippen LogP contribution in [0.1, 0.15) is 52.4 Å². The maximum atomic E-state index is 12.4. The number of hydrogen-bond acceptors (Lipinski definition) is 0. The van der Waals surface area contributed by atoms with Gasteiger partial charge in [-0.25, -0.2) is 0 Å². The fourth-order valence-electron chi connectivity index (χ4n) is 2.71. The molecule has 0 aromatic carbocycles. The molecule has 15 heavy (non-hydrogen) atoms. The summed E-state index contributed by atoms with van der Waals surface area (Å²) in [5.41, 5.74) is 0. The SMILES string of the molecule is CCCC(C)C1CCC(C(F)(F)F)CC1. The first-order valence-corrected chi connectivity index (χ1v) is 6.01. The molecule has 0 aromatic heterocycles. The third kappa shape index (κ3) is 3.69. The predicted octanol–water partition coefficient (Wildman–Crippen LogP) is 4.79. The largest absolute Gasteiger partial charge is 0.391 e. The van der Waals surface area contributed by atoms with Crippen LogP contribution in [0.5, 0.6) is 0 Å². The molecule has 0 N–H and O–H groups in total. The third-order valence-electron chi connectivity index (χ3n) is 3.78. The van der Waals surface area contributed by atoms with E-state index in [2.05, 4.69) is 13.8 Å². The molecule has 1 rings (SSSR count). The summed E-state index contributed by atoms with van der Waals surface area (Å²) in [4.78, 5) is 0. The molecule has 1 atom stereocenters. The number of alkyl halides is 3. The van der Waals surface area contributed by atoms with Crippen LogP contribution < -0.4 is 0 Å². The van der Waals surface area contributed by atoms with Crippen molar-refractivity contribution in [2.75, 3.05) is 0 Å². The molecule has 1 aliphatic rings. The lowest BCUT2D eigenvalue weighted by Gasteiger charge is -2.33. The minimum atomic E-state index is -3.96. The van der Waals surface area contributed by atoms with E-state index in [0.717, 1.165) is 25.7 Å². The van der Waals surface area contributed by atoms with E-state index in [-0.39, 0.29) is 0 Å². The molecule has 1 aliphatic carbocycles. The van der Waals surface area contributed by atoms with Crippen LogP contribution in [0, 0.1) is 17.8 Å². The van der Waals surface area contributed by atoms with Gasteiger partial charge in [-0.15, -0.1) is 0 Å². The maximum Gasteiger partial charge on any atom is 0.391 e. The van der Waals surface area contributed by atoms with E-state index < -0.39 is 12.1 Å². The summed E-state index contributed by atoms with van der Waals surface area (Å²) in [7, 11) is 0. The minimum absolute atomic E-state index is 0.349. The quantitative estimate of drug-likeness (QED) is 0.644. The van der Waals surface area contributed by atoms with Crippen LogP contribution in [0.15, 0.2) is 0 Å². The van der Waals surface area contributed by atoms with E-state index in [1.165, 1.54) is 0 Å². The van der Waals surface area contributed by atoms with Gasteiger partial charge in [0.2, 0.25) is 0 Å². The second-order valence-electron chi connectivity index (χ2n) is 4.92. The van der Waals surface area contributed by atoms with Crippen molar-refractivity contribution >= 4 is 0 Å². The number of hydrogen-bond donors (Lipinski definition) is 0. The molecular weight excluding hydrogens is 201 g/mol. The van der Waals surface area contributed by atoms with E-state index >= 15 is 0 Å². The highest BCUT2D eigenvalue weighted by molar-refractivity contribution is 4.79. The van der Waals surface area contributed by atoms with E-state index in [1.807, 2.05) is 0 Å². The Labute approximate surface area is 90.2 Å². The molecule has 0 saturated heterocycles. The van der Waals surface area contributed by atoms with Crippen molar-refractivity contribution in [1.29, 1.82) is 0 Å². The Hall–Kier alpha value is -0.210. The van der Waals surface area contributed by atoms with E-state index in [0.29, 0.717) is 24.7 Å². The van der Waals surface area contributed by atoms with Crippen LogP contribution in [0.25, 0.3) is 0 Å². The molecule has 0 amide bonds. The third-order valence-corrected chi connectivity index (χ3v) is 3.78. The van der Waals surface area contributed by atoms with Gasteiger partial charge >= 0.3 is 6.18 Å². The lowest BCUT2D eigenvalue weighted by Crippen LogP contribution is -2.29. The highest BCUT2D eigenvalue weighted by atomic mass is 19.4. The highest BCUT2D eigenvalue weighted by Gasteiger charge is 2.41. The van der Waals surface area contributed by atoms with Gasteiger partial charge in [-0.05, 0) is 37.5 Å². The van der Waals surface area contributed by atoms with Crippen LogP contribution in [-0.2, 0) is 0 Å². The second kappa shape index (κ2) is 5.22. The first kappa shape index (κ1) is 12.9. The lowest BCUT2D eigenvalue weighted by molar-refractivity contribution is -0.184. The van der Waals surface area contributed by atoms with E-state index in [4.69, 9.17) is 0 Å². The standard InChI is InChI=1S/C12H21F3/c1-3-4-9(2)10-5-7-11(8-6-10)12(13,14)15/h9-11H,3-8H2,1-2H3. The summed E-state index contributed by atoms with van der Waals surface area (Å²) < 4.78 is 37.3. The van der Waals surface area contributed by atoms with Crippen LogP contribution in [0.3, 0.4) is 0 Å². The zero-order chi connectivity index (χ0) is 11.5. The predicted molar refractivity (Wildman–Crippen MR) is 55.6 cm³/mol. The van der Waals surface area contributed by atoms with Gasteiger partial charge in [-0.1, -0.05) is 26.7 Å². The monoisotopic (exact) mass is 222 g/mol. The lowest BCUT2D eigenvalue weighted by atomic mass is 9.75. The van der Waals surface area contributed by atoms with Gasteiger partial charge in [-0.2, -0.15) is 13.2 Å². The van der Waals surface area contributed by atoms with Crippen molar-refractivity contribution in [1.82, 2.24) is 0 Å². The topological polar surface area (TPSA) is 0 Å². The molecule has 1 unspecified atom stereocenters. The fraction of sp³-hybridized carbons (Fsp3) is 1.00. The molecule has 0 aromatic rings. The number of halogens is 3. The summed E-state index contributed by atoms with van der Waals surface area (Å²) in [5.74, 6) is 0.107. The first-order valence-electron chi connectivity index (χ1n) is 6.01. The summed E-state index contributed by atoms with van der Waals surface area (Å²) in [6.45, 7) is 4.32. The molecule has 3 heteroatoms. The van der Waals surface area contributed by atoms with Crippen molar-refractivity contribution in [2.45, 2.75) is 58.5 Å². The average Bonchev–Trinajstić information content (AvgIpc) is 2.17. The molecule has 1 saturated carbocycles. The molecular formula is C12H21F3. The van der Waals surface area contributed by atoms with Crippen molar-refractivity contribution in [2.24, 2.45) is 17.8 Å². The van der Waals surface area contributed by atoms with Gasteiger partial charge in [-0.3, -0.25) is 0 Å². The Bertz CT molecular complexity index is 178. The minimum Gasteiger partial charge on any atom is -0.171 e. The Balaban J connectivity index is 2.36. The summed E-state index contributed by atoms with van der Waals surface area (Å²) in [6, 6.07) is 0. The molecule has 0 spiro atoms. The fourth-order valence-corrected chi connectivity index (χ4v) is 2.71. The Kier molecular flexibility index (Phi) is 4.47. The van der Waals surface area contributed by atoms with Gasteiger partial charge in [0.15, 0.2) is 0 Å². The molecule has 0 bridgehead atoms. The van der Waals surface area contributed by atoms with Gasteiger partial charge in [0.1, 0.15) is 0 Å². The molecule has 0 nitrogen and oxygen atoms in total. The van der Waals surface area contributed by atoms with Gasteiger partial charge in [0.25, 0.3) is 0 Å². The van der Waals surface area contributed by atoms with Crippen LogP contribution in [0.4, 0.5) is 13.2 Å². The van der Waals surface area contributed by atoms with Crippen molar-refractivity contribution < 1.29 is 13.2 Å². The van der Waals surface area contributed by atoms with Crippen molar-refractivity contribution in [3.63, 3.8) is 0 Å². The average molecular weight is 222 g/mol.